The molecule has 0 aromatic heterocycles. The van der Waals surface area contributed by atoms with Crippen molar-refractivity contribution >= 4 is 17.3 Å². The van der Waals surface area contributed by atoms with E-state index in [9.17, 15) is 9.59 Å². The Hall–Kier alpha value is -1.84. The second kappa shape index (κ2) is 5.48. The van der Waals surface area contributed by atoms with Gasteiger partial charge in [-0.05, 0) is 12.1 Å². The topological polar surface area (TPSA) is 69.4 Å². The van der Waals surface area contributed by atoms with Crippen LogP contribution in [0, 0.1) is 0 Å². The van der Waals surface area contributed by atoms with Crippen molar-refractivity contribution in [3.8, 4) is 5.75 Å². The van der Waals surface area contributed by atoms with E-state index in [0.717, 1.165) is 0 Å². The number of ketones is 2. The molecule has 4 heteroatoms. The van der Waals surface area contributed by atoms with Gasteiger partial charge in [0.1, 0.15) is 5.75 Å². The molecule has 1 aromatic carbocycles. The van der Waals surface area contributed by atoms with Crippen LogP contribution in [0.15, 0.2) is 12.1 Å². The molecule has 1 aromatic rings. The van der Waals surface area contributed by atoms with Crippen LogP contribution in [-0.2, 0) is 0 Å². The number of nitrogens with two attached hydrogens (primary N) is 1. The van der Waals surface area contributed by atoms with Crippen LogP contribution in [0.4, 0.5) is 5.69 Å². The van der Waals surface area contributed by atoms with Gasteiger partial charge in [-0.15, -0.1) is 0 Å². The molecule has 17 heavy (non-hydrogen) atoms. The van der Waals surface area contributed by atoms with Crippen molar-refractivity contribution in [2.45, 2.75) is 26.7 Å². The number of Topliss-reactive ketones (excluding diaryl/α,β-unsaturated/α-hetero) is 2. The zero-order valence-corrected chi connectivity index (χ0v) is 10.4. The Bertz CT molecular complexity index is 452. The number of benzene rings is 1. The van der Waals surface area contributed by atoms with Crippen LogP contribution in [-0.4, -0.2) is 18.7 Å². The maximum absolute atomic E-state index is 11.8. The summed E-state index contributed by atoms with van der Waals surface area (Å²) >= 11 is 0. The molecule has 0 saturated carbocycles. The van der Waals surface area contributed by atoms with Crippen LogP contribution in [0.2, 0.25) is 0 Å². The van der Waals surface area contributed by atoms with Crippen molar-refractivity contribution in [1.29, 1.82) is 0 Å². The summed E-state index contributed by atoms with van der Waals surface area (Å²) in [5.74, 6) is 0.224. The Kier molecular flexibility index (Phi) is 4.26. The number of hydrogen-bond donors (Lipinski definition) is 1. The van der Waals surface area contributed by atoms with E-state index in [2.05, 4.69) is 0 Å². The summed E-state index contributed by atoms with van der Waals surface area (Å²) in [6.07, 6.45) is 0.681. The minimum atomic E-state index is -0.120. The van der Waals surface area contributed by atoms with E-state index >= 15 is 0 Å². The summed E-state index contributed by atoms with van der Waals surface area (Å²) in [4.78, 5) is 23.5. The number of carbonyl (C=O) groups is 2. The van der Waals surface area contributed by atoms with Crippen LogP contribution in [0.3, 0.4) is 0 Å². The summed E-state index contributed by atoms with van der Waals surface area (Å²) in [6, 6.07) is 3.22. The molecule has 92 valence electrons. The van der Waals surface area contributed by atoms with Crippen molar-refractivity contribution in [2.75, 3.05) is 12.8 Å². The van der Waals surface area contributed by atoms with Crippen molar-refractivity contribution in [1.82, 2.24) is 0 Å². The van der Waals surface area contributed by atoms with Gasteiger partial charge in [-0.25, -0.2) is 0 Å². The maximum Gasteiger partial charge on any atom is 0.168 e. The first-order valence-electron chi connectivity index (χ1n) is 5.59. The Morgan fingerprint density at radius 2 is 1.76 bits per heavy atom. The lowest BCUT2D eigenvalue weighted by molar-refractivity contribution is 0.0985. The Labute approximate surface area is 101 Å². The third kappa shape index (κ3) is 2.46. The van der Waals surface area contributed by atoms with E-state index in [1.54, 1.807) is 26.0 Å². The highest BCUT2D eigenvalue weighted by Crippen LogP contribution is 2.29. The van der Waals surface area contributed by atoms with Gasteiger partial charge in [0.2, 0.25) is 0 Å². The normalized spacial score (nSPS) is 10.1. The first kappa shape index (κ1) is 13.2. The molecule has 0 atom stereocenters. The lowest BCUT2D eigenvalue weighted by Gasteiger charge is -2.12. The highest BCUT2D eigenvalue weighted by molar-refractivity contribution is 6.10. The number of ether oxygens (including phenoxy) is 1. The van der Waals surface area contributed by atoms with E-state index in [4.69, 9.17) is 10.5 Å². The highest BCUT2D eigenvalue weighted by Gasteiger charge is 2.19. The van der Waals surface area contributed by atoms with E-state index in [-0.39, 0.29) is 17.3 Å². The fourth-order valence-electron chi connectivity index (χ4n) is 1.67. The van der Waals surface area contributed by atoms with Crippen LogP contribution in [0.25, 0.3) is 0 Å². The van der Waals surface area contributed by atoms with Gasteiger partial charge in [0.25, 0.3) is 0 Å². The molecule has 0 amide bonds. The molecule has 0 spiro atoms. The van der Waals surface area contributed by atoms with Gasteiger partial charge in [-0.3, -0.25) is 9.59 Å². The third-order valence-electron chi connectivity index (χ3n) is 2.65. The number of nitrogen functional groups attached to an aromatic ring is 1. The molecule has 0 aliphatic rings. The van der Waals surface area contributed by atoms with E-state index in [0.29, 0.717) is 29.7 Å². The zero-order valence-electron chi connectivity index (χ0n) is 10.4. The summed E-state index contributed by atoms with van der Waals surface area (Å²) in [5, 5.41) is 0. The maximum atomic E-state index is 11.8. The highest BCUT2D eigenvalue weighted by atomic mass is 16.5. The number of rotatable bonds is 5. The van der Waals surface area contributed by atoms with Gasteiger partial charge in [0, 0.05) is 18.4 Å². The number of methoxy groups -OCH3 is 1. The standard InChI is InChI=1S/C13H17NO3/c1-4-9(15)8-6-7-11(17-3)12(13(8)14)10(16)5-2/h6-7H,4-5,14H2,1-3H3. The number of anilines is 1. The average Bonchev–Trinajstić information content (AvgIpc) is 2.36. The predicted molar refractivity (Wildman–Crippen MR) is 66.6 cm³/mol. The number of carbonyl (C=O) groups excluding carboxylic acids is 2. The van der Waals surface area contributed by atoms with Gasteiger partial charge in [-0.1, -0.05) is 13.8 Å². The molecular weight excluding hydrogens is 218 g/mol. The fraction of sp³-hybridized carbons (Fsp3) is 0.385. The van der Waals surface area contributed by atoms with Gasteiger partial charge in [0.15, 0.2) is 11.6 Å². The largest absolute Gasteiger partial charge is 0.496 e. The van der Waals surface area contributed by atoms with E-state index in [1.807, 2.05) is 0 Å². The third-order valence-corrected chi connectivity index (χ3v) is 2.65. The van der Waals surface area contributed by atoms with Gasteiger partial charge >= 0.3 is 0 Å². The monoisotopic (exact) mass is 235 g/mol. The van der Waals surface area contributed by atoms with Gasteiger partial charge < -0.3 is 10.5 Å². The van der Waals surface area contributed by atoms with Crippen LogP contribution >= 0.6 is 0 Å². The number of hydrogen-bond acceptors (Lipinski definition) is 4. The zero-order chi connectivity index (χ0) is 13.0. The molecule has 0 saturated heterocycles. The smallest absolute Gasteiger partial charge is 0.168 e. The minimum absolute atomic E-state index is 0.0738. The first-order chi connectivity index (χ1) is 8.06. The average molecular weight is 235 g/mol. The molecule has 0 fully saturated rings. The molecule has 1 rings (SSSR count). The molecule has 4 nitrogen and oxygen atoms in total. The van der Waals surface area contributed by atoms with Crippen LogP contribution in [0.1, 0.15) is 47.4 Å². The summed E-state index contributed by atoms with van der Waals surface area (Å²) < 4.78 is 5.11. The van der Waals surface area contributed by atoms with Crippen molar-refractivity contribution < 1.29 is 14.3 Å². The van der Waals surface area contributed by atoms with Gasteiger partial charge in [-0.2, -0.15) is 0 Å². The minimum Gasteiger partial charge on any atom is -0.496 e. The summed E-state index contributed by atoms with van der Waals surface area (Å²) in [5.41, 5.74) is 6.82. The van der Waals surface area contributed by atoms with E-state index in [1.165, 1.54) is 7.11 Å². The lowest BCUT2D eigenvalue weighted by atomic mass is 9.98. The molecule has 0 aliphatic carbocycles. The molecule has 0 aliphatic heterocycles. The molecule has 0 bridgehead atoms. The van der Waals surface area contributed by atoms with Crippen molar-refractivity contribution in [3.05, 3.63) is 23.3 Å². The predicted octanol–water partition coefficient (Wildman–Crippen LogP) is 2.46. The Balaban J connectivity index is 3.42. The second-order valence-electron chi connectivity index (χ2n) is 3.66. The Morgan fingerprint density at radius 3 is 2.24 bits per heavy atom. The van der Waals surface area contributed by atoms with Crippen LogP contribution < -0.4 is 10.5 Å². The SMILES string of the molecule is CCC(=O)c1ccc(OC)c(C(=O)CC)c1N. The molecule has 0 radical (unpaired) electrons. The van der Waals surface area contributed by atoms with Crippen molar-refractivity contribution in [3.63, 3.8) is 0 Å². The van der Waals surface area contributed by atoms with Crippen molar-refractivity contribution in [2.24, 2.45) is 0 Å². The van der Waals surface area contributed by atoms with Gasteiger partial charge in [0.05, 0.1) is 18.4 Å². The first-order valence-corrected chi connectivity index (χ1v) is 5.59. The molecule has 2 N–H and O–H groups in total. The molecule has 0 heterocycles. The molecule has 0 unspecified atom stereocenters. The second-order valence-corrected chi connectivity index (χ2v) is 3.66. The quantitative estimate of drug-likeness (QED) is 0.628. The summed E-state index contributed by atoms with van der Waals surface area (Å²) in [6.45, 7) is 3.50. The van der Waals surface area contributed by atoms with E-state index < -0.39 is 0 Å². The summed E-state index contributed by atoms with van der Waals surface area (Å²) in [7, 11) is 1.47. The Morgan fingerprint density at radius 1 is 1.18 bits per heavy atom. The molecular formula is C13H17NO3. The lowest BCUT2D eigenvalue weighted by Crippen LogP contribution is -2.10. The van der Waals surface area contributed by atoms with Crippen LogP contribution in [0.5, 0.6) is 5.75 Å². The fourth-order valence-corrected chi connectivity index (χ4v) is 1.67.